The quantitative estimate of drug-likeness (QED) is 0.116. The van der Waals surface area contributed by atoms with Crippen LogP contribution in [-0.2, 0) is 28.6 Å². The first kappa shape index (κ1) is 36.9. The highest BCUT2D eigenvalue weighted by Crippen LogP contribution is 2.67. The number of esters is 3. The van der Waals surface area contributed by atoms with Gasteiger partial charge in [-0.05, 0) is 117 Å². The molecule has 0 amide bonds. The van der Waals surface area contributed by atoms with Crippen LogP contribution in [0.25, 0.3) is 0 Å². The first-order chi connectivity index (χ1) is 21.7. The third-order valence-electron chi connectivity index (χ3n) is 13.4. The maximum atomic E-state index is 13.1. The van der Waals surface area contributed by atoms with Crippen molar-refractivity contribution in [3.63, 3.8) is 0 Å². The van der Waals surface area contributed by atoms with E-state index in [1.54, 1.807) is 13.8 Å². The van der Waals surface area contributed by atoms with Crippen molar-refractivity contribution in [3.8, 4) is 0 Å². The van der Waals surface area contributed by atoms with E-state index in [1.165, 1.54) is 50.5 Å². The smallest absolute Gasteiger partial charge is 0.339 e. The molecule has 9 unspecified atom stereocenters. The number of carbonyl (C=O) groups is 3. The molecule has 46 heavy (non-hydrogen) atoms. The molecule has 0 radical (unpaired) electrons. The van der Waals surface area contributed by atoms with Crippen molar-refractivity contribution in [3.05, 3.63) is 11.6 Å². The van der Waals surface area contributed by atoms with Crippen LogP contribution in [0.2, 0.25) is 0 Å². The topological polar surface area (TPSA) is 99.1 Å². The van der Waals surface area contributed by atoms with Crippen molar-refractivity contribution >= 4 is 17.9 Å². The van der Waals surface area contributed by atoms with Gasteiger partial charge < -0.3 is 19.3 Å². The molecule has 1 N–H and O–H groups in total. The molecule has 4 rings (SSSR count). The van der Waals surface area contributed by atoms with Gasteiger partial charge in [0.05, 0.1) is 26.1 Å². The fraction of sp³-hybridized carbons (Fsp3) is 0.872. The van der Waals surface area contributed by atoms with Crippen LogP contribution in [0, 0.1) is 52.3 Å². The minimum absolute atomic E-state index is 0.0217. The number of allylic oxidation sites excluding steroid dienone is 1. The van der Waals surface area contributed by atoms with Crippen molar-refractivity contribution in [2.75, 3.05) is 13.2 Å². The second-order valence-corrected chi connectivity index (χ2v) is 16.2. The van der Waals surface area contributed by atoms with Gasteiger partial charge >= 0.3 is 17.9 Å². The standard InChI is InChI=1S/C39H64O7/c1-9-27(25(4)5)13-12-26(6)31-16-17-32-30-15-14-28-22-29(18-20-37(28,7)33(30)19-21-38(31,32)8)46-35(41)24-39(43,36(42)45-11-3)23-34(40)44-10-2/h14,25-27,29-33,43H,9-13,15-24H2,1-8H3/t26?,27-,29?,30?,31?,32?,33?,37?,38?,39?/m0/s1. The minimum atomic E-state index is -2.31. The van der Waals surface area contributed by atoms with Gasteiger partial charge in [0, 0.05) is 6.42 Å². The first-order valence-electron chi connectivity index (χ1n) is 18.7. The van der Waals surface area contributed by atoms with Gasteiger partial charge in [0.1, 0.15) is 6.10 Å². The molecule has 262 valence electrons. The molecule has 4 aliphatic rings. The number of carbonyl (C=O) groups excluding carboxylic acids is 3. The SMILES string of the molecule is CCOC(=O)CC(O)(CC(=O)OC1CCC2(C)C(=CCC3C2CCC2(C)C(C(C)CC[C@H](CC)C(C)C)CCC32)C1)C(=O)OCC. The Balaban J connectivity index is 1.39. The fourth-order valence-electron chi connectivity index (χ4n) is 10.8. The third-order valence-corrected chi connectivity index (χ3v) is 13.4. The fourth-order valence-corrected chi connectivity index (χ4v) is 10.8. The normalized spacial score (nSPS) is 34.7. The molecule has 0 saturated heterocycles. The molecule has 0 aromatic carbocycles. The van der Waals surface area contributed by atoms with Crippen LogP contribution >= 0.6 is 0 Å². The van der Waals surface area contributed by atoms with E-state index < -0.39 is 36.4 Å². The van der Waals surface area contributed by atoms with E-state index in [0.29, 0.717) is 17.8 Å². The predicted molar refractivity (Wildman–Crippen MR) is 180 cm³/mol. The van der Waals surface area contributed by atoms with E-state index in [9.17, 15) is 19.5 Å². The Hall–Kier alpha value is -1.89. The Morgan fingerprint density at radius 1 is 0.913 bits per heavy atom. The molecule has 3 fully saturated rings. The van der Waals surface area contributed by atoms with Crippen LogP contribution in [0.3, 0.4) is 0 Å². The predicted octanol–water partition coefficient (Wildman–Crippen LogP) is 8.21. The number of hydrogen-bond donors (Lipinski definition) is 1. The molecule has 0 aromatic heterocycles. The zero-order chi connectivity index (χ0) is 33.9. The molecular formula is C39H64O7. The molecule has 0 heterocycles. The summed E-state index contributed by atoms with van der Waals surface area (Å²) in [5.74, 6) is 2.94. The number of aliphatic hydroxyl groups is 1. The monoisotopic (exact) mass is 644 g/mol. The van der Waals surface area contributed by atoms with Gasteiger partial charge in [-0.2, -0.15) is 0 Å². The first-order valence-corrected chi connectivity index (χ1v) is 18.7. The Bertz CT molecular complexity index is 1110. The third kappa shape index (κ3) is 7.55. The minimum Gasteiger partial charge on any atom is -0.466 e. The summed E-state index contributed by atoms with van der Waals surface area (Å²) in [7, 11) is 0. The summed E-state index contributed by atoms with van der Waals surface area (Å²) in [4.78, 5) is 37.7. The molecule has 0 aromatic rings. The van der Waals surface area contributed by atoms with Crippen LogP contribution < -0.4 is 0 Å². The van der Waals surface area contributed by atoms with E-state index in [2.05, 4.69) is 47.6 Å². The van der Waals surface area contributed by atoms with Crippen molar-refractivity contribution in [2.45, 2.75) is 151 Å². The lowest BCUT2D eigenvalue weighted by atomic mass is 9.47. The van der Waals surface area contributed by atoms with Gasteiger partial charge in [0.25, 0.3) is 0 Å². The van der Waals surface area contributed by atoms with Gasteiger partial charge in [-0.15, -0.1) is 0 Å². The molecule has 4 aliphatic carbocycles. The Labute approximate surface area is 279 Å². The lowest BCUT2D eigenvalue weighted by molar-refractivity contribution is -0.179. The van der Waals surface area contributed by atoms with E-state index in [0.717, 1.165) is 54.8 Å². The molecule has 0 aliphatic heterocycles. The summed E-state index contributed by atoms with van der Waals surface area (Å²) in [5, 5.41) is 11.0. The van der Waals surface area contributed by atoms with Gasteiger partial charge in [-0.1, -0.05) is 66.0 Å². The lowest BCUT2D eigenvalue weighted by Crippen LogP contribution is -2.51. The molecule has 7 nitrogen and oxygen atoms in total. The number of hydrogen-bond acceptors (Lipinski definition) is 7. The molecular weight excluding hydrogens is 580 g/mol. The van der Waals surface area contributed by atoms with E-state index in [1.807, 2.05) is 0 Å². The lowest BCUT2D eigenvalue weighted by Gasteiger charge is -2.58. The maximum absolute atomic E-state index is 13.1. The summed E-state index contributed by atoms with van der Waals surface area (Å²) >= 11 is 0. The average molecular weight is 645 g/mol. The van der Waals surface area contributed by atoms with Crippen molar-refractivity contribution in [1.29, 1.82) is 0 Å². The Morgan fingerprint density at radius 3 is 2.26 bits per heavy atom. The number of rotatable bonds is 14. The van der Waals surface area contributed by atoms with Crippen LogP contribution in [0.15, 0.2) is 11.6 Å². The summed E-state index contributed by atoms with van der Waals surface area (Å²) in [6.07, 6.45) is 13.8. The Kier molecular flexibility index (Phi) is 12.1. The van der Waals surface area contributed by atoms with Crippen molar-refractivity contribution in [2.24, 2.45) is 52.3 Å². The highest BCUT2D eigenvalue weighted by atomic mass is 16.6. The van der Waals surface area contributed by atoms with E-state index in [-0.39, 0.29) is 24.7 Å². The van der Waals surface area contributed by atoms with Gasteiger partial charge in [-0.25, -0.2) is 4.79 Å². The maximum Gasteiger partial charge on any atom is 0.339 e. The summed E-state index contributed by atoms with van der Waals surface area (Å²) in [6, 6.07) is 0. The summed E-state index contributed by atoms with van der Waals surface area (Å²) < 4.78 is 15.8. The average Bonchev–Trinajstić information content (AvgIpc) is 3.34. The molecule has 0 bridgehead atoms. The molecule has 0 spiro atoms. The molecule has 3 saturated carbocycles. The largest absolute Gasteiger partial charge is 0.466 e. The van der Waals surface area contributed by atoms with Gasteiger partial charge in [-0.3, -0.25) is 9.59 Å². The number of ether oxygens (including phenoxy) is 3. The summed E-state index contributed by atoms with van der Waals surface area (Å²) in [5.41, 5.74) is -0.334. The van der Waals surface area contributed by atoms with Gasteiger partial charge in [0.2, 0.25) is 0 Å². The second kappa shape index (κ2) is 15.1. The van der Waals surface area contributed by atoms with E-state index >= 15 is 0 Å². The van der Waals surface area contributed by atoms with Crippen LogP contribution in [0.1, 0.15) is 139 Å². The van der Waals surface area contributed by atoms with Crippen molar-refractivity contribution < 1.29 is 33.7 Å². The molecule has 10 atom stereocenters. The molecule has 7 heteroatoms. The zero-order valence-corrected chi connectivity index (χ0v) is 30.2. The summed E-state index contributed by atoms with van der Waals surface area (Å²) in [6.45, 7) is 18.1. The van der Waals surface area contributed by atoms with Crippen LogP contribution in [0.4, 0.5) is 0 Å². The Morgan fingerprint density at radius 2 is 1.61 bits per heavy atom. The van der Waals surface area contributed by atoms with E-state index in [4.69, 9.17) is 14.2 Å². The van der Waals surface area contributed by atoms with Crippen molar-refractivity contribution in [1.82, 2.24) is 0 Å². The van der Waals surface area contributed by atoms with Crippen LogP contribution in [-0.4, -0.2) is 47.9 Å². The highest BCUT2D eigenvalue weighted by Gasteiger charge is 2.59. The van der Waals surface area contributed by atoms with Crippen LogP contribution in [0.5, 0.6) is 0 Å². The highest BCUT2D eigenvalue weighted by molar-refractivity contribution is 5.90. The van der Waals surface area contributed by atoms with Gasteiger partial charge in [0.15, 0.2) is 5.60 Å². The second-order valence-electron chi connectivity index (χ2n) is 16.2. The zero-order valence-electron chi connectivity index (χ0n) is 30.2. The number of fused-ring (bicyclic) bond motifs is 5.